The molecule has 4 rings (SSSR count). The molecule has 1 atom stereocenters. The van der Waals surface area contributed by atoms with E-state index in [4.69, 9.17) is 0 Å². The fourth-order valence-corrected chi connectivity index (χ4v) is 4.32. The lowest BCUT2D eigenvalue weighted by molar-refractivity contribution is -0.385. The molecule has 0 amide bonds. The van der Waals surface area contributed by atoms with E-state index >= 15 is 0 Å². The maximum atomic E-state index is 11.4. The van der Waals surface area contributed by atoms with Crippen LogP contribution in [0.3, 0.4) is 0 Å². The molecule has 1 aliphatic heterocycles. The number of hydrogen-bond donors (Lipinski definition) is 0. The van der Waals surface area contributed by atoms with Gasteiger partial charge in [0.15, 0.2) is 0 Å². The summed E-state index contributed by atoms with van der Waals surface area (Å²) in [5.74, 6) is 0. The van der Waals surface area contributed by atoms with Gasteiger partial charge in [0.2, 0.25) is 0 Å². The molecule has 1 unspecified atom stereocenters. The molecular formula is C21H23N3O2. The predicted molar refractivity (Wildman–Crippen MR) is 101 cm³/mol. The minimum absolute atomic E-state index is 0.0971. The second-order valence-corrected chi connectivity index (χ2v) is 8.13. The first-order valence-corrected chi connectivity index (χ1v) is 9.03. The van der Waals surface area contributed by atoms with Crippen LogP contribution in [-0.2, 0) is 13.1 Å². The van der Waals surface area contributed by atoms with E-state index in [2.05, 4.69) is 54.1 Å². The molecular weight excluding hydrogens is 326 g/mol. The van der Waals surface area contributed by atoms with Gasteiger partial charge in [-0.1, -0.05) is 44.2 Å². The first-order valence-electron chi connectivity index (χ1n) is 9.03. The molecule has 0 bridgehead atoms. The highest BCUT2D eigenvalue weighted by molar-refractivity contribution is 5.73. The SMILES string of the molecule is CC1(C)CC(c2ccncc2[N+](=O)[O-])=CC(N2Cc3ccccc3C2)C1. The van der Waals surface area contributed by atoms with Gasteiger partial charge in [0.05, 0.1) is 10.5 Å². The van der Waals surface area contributed by atoms with Crippen molar-refractivity contribution in [2.45, 2.75) is 45.8 Å². The Kier molecular flexibility index (Phi) is 4.11. The van der Waals surface area contributed by atoms with Gasteiger partial charge in [-0.3, -0.25) is 20.0 Å². The first kappa shape index (κ1) is 16.9. The fourth-order valence-electron chi connectivity index (χ4n) is 4.32. The van der Waals surface area contributed by atoms with E-state index in [9.17, 15) is 10.1 Å². The van der Waals surface area contributed by atoms with Gasteiger partial charge in [-0.15, -0.1) is 0 Å². The van der Waals surface area contributed by atoms with Gasteiger partial charge in [0.25, 0.3) is 5.69 Å². The number of aromatic nitrogens is 1. The van der Waals surface area contributed by atoms with E-state index in [1.807, 2.05) is 0 Å². The Hall–Kier alpha value is -2.53. The van der Waals surface area contributed by atoms with Crippen LogP contribution >= 0.6 is 0 Å². The maximum Gasteiger partial charge on any atom is 0.294 e. The Bertz CT molecular complexity index is 863. The summed E-state index contributed by atoms with van der Waals surface area (Å²) in [7, 11) is 0. The van der Waals surface area contributed by atoms with Crippen molar-refractivity contribution in [1.82, 2.24) is 9.88 Å². The summed E-state index contributed by atoms with van der Waals surface area (Å²) in [6, 6.07) is 10.6. The lowest BCUT2D eigenvalue weighted by Gasteiger charge is -2.38. The van der Waals surface area contributed by atoms with Gasteiger partial charge >= 0.3 is 0 Å². The zero-order valence-electron chi connectivity index (χ0n) is 15.2. The van der Waals surface area contributed by atoms with Crippen LogP contribution in [-0.4, -0.2) is 20.8 Å². The van der Waals surface area contributed by atoms with E-state index in [0.29, 0.717) is 5.56 Å². The Morgan fingerprint density at radius 3 is 2.54 bits per heavy atom. The Morgan fingerprint density at radius 2 is 1.88 bits per heavy atom. The minimum Gasteiger partial charge on any atom is -0.288 e. The van der Waals surface area contributed by atoms with Crippen molar-refractivity contribution < 1.29 is 4.92 Å². The van der Waals surface area contributed by atoms with E-state index in [1.54, 1.807) is 12.3 Å². The van der Waals surface area contributed by atoms with Gasteiger partial charge in [-0.05, 0) is 41.0 Å². The summed E-state index contributed by atoms with van der Waals surface area (Å²) in [6.07, 6.45) is 7.15. The van der Waals surface area contributed by atoms with Crippen LogP contribution in [0.1, 0.15) is 43.4 Å². The highest BCUT2D eigenvalue weighted by Crippen LogP contribution is 2.44. The molecule has 26 heavy (non-hydrogen) atoms. The summed E-state index contributed by atoms with van der Waals surface area (Å²) in [5, 5.41) is 11.4. The van der Waals surface area contributed by atoms with Crippen LogP contribution in [0, 0.1) is 15.5 Å². The summed E-state index contributed by atoms with van der Waals surface area (Å²) in [4.78, 5) is 17.5. The molecule has 0 spiro atoms. The van der Waals surface area contributed by atoms with Crippen LogP contribution in [0.4, 0.5) is 5.69 Å². The Balaban J connectivity index is 1.69. The molecule has 0 saturated carbocycles. The molecule has 2 heterocycles. The normalized spacial score (nSPS) is 21.9. The van der Waals surface area contributed by atoms with E-state index in [0.717, 1.165) is 31.5 Å². The number of nitro groups is 1. The Labute approximate surface area is 153 Å². The number of allylic oxidation sites excluding steroid dienone is 1. The first-order chi connectivity index (χ1) is 12.4. The van der Waals surface area contributed by atoms with E-state index in [-0.39, 0.29) is 22.1 Å². The molecule has 0 radical (unpaired) electrons. The molecule has 1 aliphatic carbocycles. The predicted octanol–water partition coefficient (Wildman–Crippen LogP) is 4.58. The maximum absolute atomic E-state index is 11.4. The highest BCUT2D eigenvalue weighted by atomic mass is 16.6. The van der Waals surface area contributed by atoms with Crippen molar-refractivity contribution in [2.75, 3.05) is 0 Å². The molecule has 5 nitrogen and oxygen atoms in total. The molecule has 2 aliphatic rings. The number of rotatable bonds is 3. The number of pyridine rings is 1. The zero-order chi connectivity index (χ0) is 18.3. The smallest absolute Gasteiger partial charge is 0.288 e. The topological polar surface area (TPSA) is 59.3 Å². The third-order valence-corrected chi connectivity index (χ3v) is 5.50. The highest BCUT2D eigenvalue weighted by Gasteiger charge is 2.35. The number of fused-ring (bicyclic) bond motifs is 1. The summed E-state index contributed by atoms with van der Waals surface area (Å²) in [6.45, 7) is 6.39. The second kappa shape index (κ2) is 6.32. The van der Waals surface area contributed by atoms with Crippen molar-refractivity contribution >= 4 is 11.3 Å². The second-order valence-electron chi connectivity index (χ2n) is 8.13. The molecule has 2 aromatic rings. The molecule has 0 saturated heterocycles. The minimum atomic E-state index is -0.328. The summed E-state index contributed by atoms with van der Waals surface area (Å²) in [5.41, 5.74) is 4.75. The third-order valence-electron chi connectivity index (χ3n) is 5.50. The van der Waals surface area contributed by atoms with E-state index in [1.165, 1.54) is 17.3 Å². The molecule has 5 heteroatoms. The van der Waals surface area contributed by atoms with Crippen molar-refractivity contribution in [3.05, 3.63) is 75.6 Å². The van der Waals surface area contributed by atoms with Gasteiger partial charge in [-0.2, -0.15) is 0 Å². The van der Waals surface area contributed by atoms with Crippen LogP contribution in [0.5, 0.6) is 0 Å². The van der Waals surface area contributed by atoms with Crippen molar-refractivity contribution in [2.24, 2.45) is 5.41 Å². The van der Waals surface area contributed by atoms with Crippen LogP contribution in [0.15, 0.2) is 48.8 Å². The van der Waals surface area contributed by atoms with Crippen LogP contribution in [0.2, 0.25) is 0 Å². The lowest BCUT2D eigenvalue weighted by atomic mass is 9.73. The molecule has 134 valence electrons. The standard InChI is InChI=1S/C21H23N3O2/c1-21(2)10-17(19-7-8-22-12-20(19)24(25)26)9-18(11-21)23-13-15-5-3-4-6-16(15)14-23/h3-9,12,18H,10-11,13-14H2,1-2H3. The summed E-state index contributed by atoms with van der Waals surface area (Å²) < 4.78 is 0. The monoisotopic (exact) mass is 349 g/mol. The Morgan fingerprint density at radius 1 is 1.19 bits per heavy atom. The average molecular weight is 349 g/mol. The molecule has 0 fully saturated rings. The van der Waals surface area contributed by atoms with Gasteiger partial charge in [-0.25, -0.2) is 0 Å². The van der Waals surface area contributed by atoms with Gasteiger partial charge in [0, 0.05) is 25.3 Å². The molecule has 1 aromatic heterocycles. The van der Waals surface area contributed by atoms with Crippen LogP contribution in [0.25, 0.3) is 5.57 Å². The van der Waals surface area contributed by atoms with Gasteiger partial charge < -0.3 is 0 Å². The van der Waals surface area contributed by atoms with E-state index < -0.39 is 0 Å². The zero-order valence-corrected chi connectivity index (χ0v) is 15.2. The van der Waals surface area contributed by atoms with Crippen molar-refractivity contribution in [1.29, 1.82) is 0 Å². The van der Waals surface area contributed by atoms with Gasteiger partial charge in [0.1, 0.15) is 6.20 Å². The quantitative estimate of drug-likeness (QED) is 0.601. The number of nitrogens with zero attached hydrogens (tertiary/aromatic N) is 3. The summed E-state index contributed by atoms with van der Waals surface area (Å²) >= 11 is 0. The third kappa shape index (κ3) is 3.15. The number of hydrogen-bond acceptors (Lipinski definition) is 4. The number of benzene rings is 1. The largest absolute Gasteiger partial charge is 0.294 e. The molecule has 1 aromatic carbocycles. The molecule has 0 N–H and O–H groups in total. The van der Waals surface area contributed by atoms with Crippen molar-refractivity contribution in [3.8, 4) is 0 Å². The fraction of sp³-hybridized carbons (Fsp3) is 0.381. The van der Waals surface area contributed by atoms with Crippen LogP contribution < -0.4 is 0 Å². The lowest BCUT2D eigenvalue weighted by Crippen LogP contribution is -2.36. The average Bonchev–Trinajstić information content (AvgIpc) is 3.04. The van der Waals surface area contributed by atoms with Crippen molar-refractivity contribution in [3.63, 3.8) is 0 Å².